The van der Waals surface area contributed by atoms with Gasteiger partial charge in [0, 0.05) is 12.1 Å². The molecule has 1 atom stereocenters. The van der Waals surface area contributed by atoms with E-state index in [1.54, 1.807) is 45.6 Å². The SMILES string of the molecule is COc1cc(OC)c2c(c1)O/C(=C\c1ccc(OC)c(OC)c1)C2O. The van der Waals surface area contributed by atoms with Gasteiger partial charge in [-0.25, -0.2) is 0 Å². The molecule has 0 bridgehead atoms. The van der Waals surface area contributed by atoms with E-state index in [1.165, 1.54) is 7.11 Å². The molecular weight excluding hydrogens is 324 g/mol. The van der Waals surface area contributed by atoms with Gasteiger partial charge in [0.25, 0.3) is 0 Å². The number of aliphatic hydroxyl groups excluding tert-OH is 1. The first-order chi connectivity index (χ1) is 12.1. The largest absolute Gasteiger partial charge is 0.496 e. The molecule has 1 heterocycles. The van der Waals surface area contributed by atoms with Crippen molar-refractivity contribution in [2.45, 2.75) is 6.10 Å². The predicted octanol–water partition coefficient (Wildman–Crippen LogP) is 3.19. The lowest BCUT2D eigenvalue weighted by molar-refractivity contribution is 0.190. The molecule has 2 aromatic rings. The summed E-state index contributed by atoms with van der Waals surface area (Å²) in [7, 11) is 6.25. The van der Waals surface area contributed by atoms with Crippen LogP contribution in [-0.2, 0) is 0 Å². The first kappa shape index (κ1) is 17.0. The Morgan fingerprint density at radius 1 is 0.880 bits per heavy atom. The maximum atomic E-state index is 10.6. The molecule has 0 spiro atoms. The van der Waals surface area contributed by atoms with Crippen molar-refractivity contribution in [3.8, 4) is 28.7 Å². The number of rotatable bonds is 5. The number of methoxy groups -OCH3 is 4. The summed E-state index contributed by atoms with van der Waals surface area (Å²) >= 11 is 0. The van der Waals surface area contributed by atoms with Crippen LogP contribution in [0.2, 0.25) is 0 Å². The molecule has 0 saturated carbocycles. The van der Waals surface area contributed by atoms with Crippen LogP contribution in [0.25, 0.3) is 6.08 Å². The second-order valence-electron chi connectivity index (χ2n) is 5.41. The first-order valence-corrected chi connectivity index (χ1v) is 7.66. The van der Waals surface area contributed by atoms with Crippen LogP contribution in [-0.4, -0.2) is 33.5 Å². The lowest BCUT2D eigenvalue weighted by atomic mass is 10.1. The van der Waals surface area contributed by atoms with E-state index >= 15 is 0 Å². The molecule has 2 aromatic carbocycles. The van der Waals surface area contributed by atoms with Crippen molar-refractivity contribution < 1.29 is 28.8 Å². The van der Waals surface area contributed by atoms with Gasteiger partial charge >= 0.3 is 0 Å². The summed E-state index contributed by atoms with van der Waals surface area (Å²) in [5.74, 6) is 3.24. The molecule has 0 fully saturated rings. The lowest BCUT2D eigenvalue weighted by Gasteiger charge is -2.10. The average Bonchev–Trinajstić information content (AvgIpc) is 2.96. The van der Waals surface area contributed by atoms with Gasteiger partial charge in [0.05, 0.1) is 34.0 Å². The van der Waals surface area contributed by atoms with Gasteiger partial charge in [-0.1, -0.05) is 6.07 Å². The maximum Gasteiger partial charge on any atom is 0.161 e. The Bertz CT molecular complexity index is 812. The second-order valence-corrected chi connectivity index (χ2v) is 5.41. The Morgan fingerprint density at radius 3 is 2.24 bits per heavy atom. The van der Waals surface area contributed by atoms with Crippen LogP contribution in [0.3, 0.4) is 0 Å². The van der Waals surface area contributed by atoms with Crippen LogP contribution >= 0.6 is 0 Å². The highest BCUT2D eigenvalue weighted by Crippen LogP contribution is 2.47. The van der Waals surface area contributed by atoms with E-state index in [9.17, 15) is 5.11 Å². The minimum absolute atomic E-state index is 0.397. The van der Waals surface area contributed by atoms with E-state index in [-0.39, 0.29) is 0 Å². The molecular formula is C19H20O6. The molecule has 0 saturated heterocycles. The average molecular weight is 344 g/mol. The van der Waals surface area contributed by atoms with E-state index in [1.807, 2.05) is 12.1 Å². The summed E-state index contributed by atoms with van der Waals surface area (Å²) < 4.78 is 26.9. The molecule has 132 valence electrons. The predicted molar refractivity (Wildman–Crippen MR) is 92.7 cm³/mol. The molecule has 1 N–H and O–H groups in total. The van der Waals surface area contributed by atoms with Crippen molar-refractivity contribution >= 4 is 6.08 Å². The Morgan fingerprint density at radius 2 is 1.60 bits per heavy atom. The molecule has 0 radical (unpaired) electrons. The fraction of sp³-hybridized carbons (Fsp3) is 0.263. The summed E-state index contributed by atoms with van der Waals surface area (Å²) in [5.41, 5.74) is 1.39. The van der Waals surface area contributed by atoms with Crippen LogP contribution in [0.15, 0.2) is 36.1 Å². The zero-order valence-electron chi connectivity index (χ0n) is 14.5. The minimum Gasteiger partial charge on any atom is -0.496 e. The molecule has 1 aliphatic rings. The van der Waals surface area contributed by atoms with Gasteiger partial charge < -0.3 is 28.8 Å². The fourth-order valence-electron chi connectivity index (χ4n) is 2.76. The highest BCUT2D eigenvalue weighted by atomic mass is 16.5. The number of ether oxygens (including phenoxy) is 5. The van der Waals surface area contributed by atoms with E-state index in [0.717, 1.165) is 5.56 Å². The number of hydrogen-bond acceptors (Lipinski definition) is 6. The molecule has 1 aliphatic heterocycles. The smallest absolute Gasteiger partial charge is 0.161 e. The van der Waals surface area contributed by atoms with Crippen LogP contribution in [0.5, 0.6) is 28.7 Å². The van der Waals surface area contributed by atoms with Gasteiger partial charge in [-0.15, -0.1) is 0 Å². The van der Waals surface area contributed by atoms with Crippen molar-refractivity contribution in [3.05, 3.63) is 47.2 Å². The van der Waals surface area contributed by atoms with Crippen molar-refractivity contribution in [1.82, 2.24) is 0 Å². The second kappa shape index (κ2) is 6.94. The van der Waals surface area contributed by atoms with Gasteiger partial charge in [0.15, 0.2) is 11.5 Å². The van der Waals surface area contributed by atoms with E-state index in [4.69, 9.17) is 23.7 Å². The summed E-state index contributed by atoms with van der Waals surface area (Å²) in [6.45, 7) is 0. The number of aliphatic hydroxyl groups is 1. The van der Waals surface area contributed by atoms with Gasteiger partial charge in [-0.05, 0) is 23.8 Å². The van der Waals surface area contributed by atoms with E-state index < -0.39 is 6.10 Å². The molecule has 3 rings (SSSR count). The molecule has 0 amide bonds. The lowest BCUT2D eigenvalue weighted by Crippen LogP contribution is -1.99. The molecule has 6 heteroatoms. The summed E-state index contributed by atoms with van der Waals surface area (Å²) in [6.07, 6.45) is 0.822. The van der Waals surface area contributed by atoms with Gasteiger partial charge in [0.2, 0.25) is 0 Å². The van der Waals surface area contributed by atoms with Crippen LogP contribution in [0.1, 0.15) is 17.2 Å². The standard InChI is InChI=1S/C19H20O6/c1-21-12-9-15(24-4)18-16(10-12)25-17(19(18)20)8-11-5-6-13(22-2)14(7-11)23-3/h5-10,19-20H,1-4H3/b17-8-. The Balaban J connectivity index is 1.98. The molecule has 25 heavy (non-hydrogen) atoms. The Hall–Kier alpha value is -2.86. The summed E-state index contributed by atoms with van der Waals surface area (Å²) in [5, 5.41) is 10.6. The third kappa shape index (κ3) is 3.08. The third-order valence-electron chi connectivity index (χ3n) is 4.02. The molecule has 1 unspecified atom stereocenters. The van der Waals surface area contributed by atoms with E-state index in [2.05, 4.69) is 0 Å². The first-order valence-electron chi connectivity index (χ1n) is 7.66. The number of benzene rings is 2. The van der Waals surface area contributed by atoms with Crippen molar-refractivity contribution in [2.75, 3.05) is 28.4 Å². The zero-order valence-corrected chi connectivity index (χ0v) is 14.5. The number of fused-ring (bicyclic) bond motifs is 1. The van der Waals surface area contributed by atoms with Crippen molar-refractivity contribution in [1.29, 1.82) is 0 Å². The summed E-state index contributed by atoms with van der Waals surface area (Å²) in [4.78, 5) is 0. The maximum absolute atomic E-state index is 10.6. The number of hydrogen-bond donors (Lipinski definition) is 1. The highest BCUT2D eigenvalue weighted by Gasteiger charge is 2.32. The monoisotopic (exact) mass is 344 g/mol. The molecule has 6 nitrogen and oxygen atoms in total. The van der Waals surface area contributed by atoms with Crippen LogP contribution in [0, 0.1) is 0 Å². The normalized spacial score (nSPS) is 17.0. The molecule has 0 aromatic heterocycles. The van der Waals surface area contributed by atoms with Crippen LogP contribution < -0.4 is 23.7 Å². The topological polar surface area (TPSA) is 66.4 Å². The minimum atomic E-state index is -0.927. The van der Waals surface area contributed by atoms with Crippen molar-refractivity contribution in [2.24, 2.45) is 0 Å². The highest BCUT2D eigenvalue weighted by molar-refractivity contribution is 5.64. The van der Waals surface area contributed by atoms with E-state index in [0.29, 0.717) is 40.1 Å². The van der Waals surface area contributed by atoms with Gasteiger partial charge in [-0.3, -0.25) is 0 Å². The van der Waals surface area contributed by atoms with Crippen molar-refractivity contribution in [3.63, 3.8) is 0 Å². The van der Waals surface area contributed by atoms with Crippen LogP contribution in [0.4, 0.5) is 0 Å². The van der Waals surface area contributed by atoms with Gasteiger partial charge in [-0.2, -0.15) is 0 Å². The Labute approximate surface area is 146 Å². The Kier molecular flexibility index (Phi) is 4.72. The zero-order chi connectivity index (χ0) is 18.0. The van der Waals surface area contributed by atoms with Gasteiger partial charge in [0.1, 0.15) is 29.1 Å². The quantitative estimate of drug-likeness (QED) is 0.899. The third-order valence-corrected chi connectivity index (χ3v) is 4.02. The molecule has 0 aliphatic carbocycles. The summed E-state index contributed by atoms with van der Waals surface area (Å²) in [6, 6.07) is 8.89. The fourth-order valence-corrected chi connectivity index (χ4v) is 2.76.